The molecule has 0 saturated carbocycles. The normalized spacial score (nSPS) is 26.2. The van der Waals surface area contributed by atoms with Crippen molar-refractivity contribution >= 4 is 29.3 Å². The average Bonchev–Trinajstić information content (AvgIpc) is 2.94. The molecule has 6 heteroatoms. The molecule has 1 saturated heterocycles. The summed E-state index contributed by atoms with van der Waals surface area (Å²) >= 11 is 4.06. The van der Waals surface area contributed by atoms with Gasteiger partial charge in [0.2, 0.25) is 0 Å². The van der Waals surface area contributed by atoms with Gasteiger partial charge in [0, 0.05) is 28.0 Å². The first-order valence-electron chi connectivity index (χ1n) is 6.93. The van der Waals surface area contributed by atoms with Gasteiger partial charge in [-0.3, -0.25) is 0 Å². The molecule has 1 aliphatic heterocycles. The van der Waals surface area contributed by atoms with Crippen molar-refractivity contribution in [3.8, 4) is 0 Å². The maximum absolute atomic E-state index is 5.64. The minimum atomic E-state index is 0.418. The molecule has 0 radical (unpaired) electrons. The van der Waals surface area contributed by atoms with Crippen LogP contribution in [-0.4, -0.2) is 26.7 Å². The van der Waals surface area contributed by atoms with E-state index in [1.54, 1.807) is 0 Å². The molecule has 19 heavy (non-hydrogen) atoms. The zero-order valence-electron chi connectivity index (χ0n) is 11.2. The highest BCUT2D eigenvalue weighted by Gasteiger charge is 2.30. The summed E-state index contributed by atoms with van der Waals surface area (Å²) in [5, 5.41) is 1.05. The molecule has 2 heterocycles. The number of nitrogens with zero attached hydrogens (tertiary/aromatic N) is 2. The Morgan fingerprint density at radius 3 is 2.89 bits per heavy atom. The first-order chi connectivity index (χ1) is 9.33. The predicted molar refractivity (Wildman–Crippen MR) is 83.6 cm³/mol. The van der Waals surface area contributed by atoms with Crippen molar-refractivity contribution in [2.75, 3.05) is 16.9 Å². The van der Waals surface area contributed by atoms with Crippen LogP contribution < -0.4 is 11.3 Å². The highest BCUT2D eigenvalue weighted by Crippen LogP contribution is 2.43. The van der Waals surface area contributed by atoms with Crippen molar-refractivity contribution in [3.63, 3.8) is 0 Å². The second-order valence-electron chi connectivity index (χ2n) is 4.96. The van der Waals surface area contributed by atoms with E-state index in [0.717, 1.165) is 24.5 Å². The highest BCUT2D eigenvalue weighted by atomic mass is 32.2. The molecular formula is C13H20N4S2. The van der Waals surface area contributed by atoms with E-state index in [2.05, 4.69) is 24.1 Å². The number of nitrogens with one attached hydrogen (secondary N) is 1. The Labute approximate surface area is 122 Å². The van der Waals surface area contributed by atoms with Crippen LogP contribution in [0.15, 0.2) is 0 Å². The van der Waals surface area contributed by atoms with Crippen LogP contribution in [-0.2, 0) is 12.8 Å². The Bertz CT molecular complexity index is 466. The summed E-state index contributed by atoms with van der Waals surface area (Å²) in [6.07, 6.45) is 4.47. The first-order valence-corrected chi connectivity index (χ1v) is 9.02. The van der Waals surface area contributed by atoms with E-state index in [9.17, 15) is 0 Å². The molecule has 2 atom stereocenters. The fourth-order valence-electron chi connectivity index (χ4n) is 2.84. The van der Waals surface area contributed by atoms with E-state index >= 15 is 0 Å². The maximum atomic E-state index is 5.64. The molecule has 0 bridgehead atoms. The molecule has 2 unspecified atom stereocenters. The van der Waals surface area contributed by atoms with Crippen LogP contribution in [0.4, 0.5) is 5.82 Å². The van der Waals surface area contributed by atoms with Gasteiger partial charge in [-0.05, 0) is 25.7 Å². The van der Waals surface area contributed by atoms with E-state index in [4.69, 9.17) is 15.8 Å². The number of aromatic nitrogens is 2. The number of hydrogen-bond donors (Lipinski definition) is 2. The van der Waals surface area contributed by atoms with Gasteiger partial charge in [-0.2, -0.15) is 11.8 Å². The van der Waals surface area contributed by atoms with Crippen molar-refractivity contribution < 1.29 is 0 Å². The van der Waals surface area contributed by atoms with Gasteiger partial charge < -0.3 is 5.43 Å². The van der Waals surface area contributed by atoms with Crippen LogP contribution in [0.1, 0.15) is 42.1 Å². The lowest BCUT2D eigenvalue weighted by Crippen LogP contribution is -2.22. The molecule has 2 aliphatic rings. The number of hydrazine groups is 1. The Kier molecular flexibility index (Phi) is 4.19. The minimum absolute atomic E-state index is 0.418. The maximum Gasteiger partial charge on any atom is 0.147 e. The van der Waals surface area contributed by atoms with E-state index in [0.29, 0.717) is 10.5 Å². The smallest absolute Gasteiger partial charge is 0.147 e. The number of nitrogens with two attached hydrogens (primary N) is 1. The number of aryl methyl sites for hydroxylation is 1. The molecule has 104 valence electrons. The number of rotatable bonds is 3. The fourth-order valence-corrected chi connectivity index (χ4v) is 5.83. The lowest BCUT2D eigenvalue weighted by atomic mass is 10.2. The zero-order chi connectivity index (χ0) is 13.2. The molecule has 0 amide bonds. The molecule has 1 aromatic heterocycles. The summed E-state index contributed by atoms with van der Waals surface area (Å²) in [7, 11) is 0. The highest BCUT2D eigenvalue weighted by molar-refractivity contribution is 8.06. The summed E-state index contributed by atoms with van der Waals surface area (Å²) in [5.41, 5.74) is 5.21. The second-order valence-corrected chi connectivity index (χ2v) is 7.56. The van der Waals surface area contributed by atoms with E-state index < -0.39 is 0 Å². The number of thioether (sulfide) groups is 2. The summed E-state index contributed by atoms with van der Waals surface area (Å²) in [4.78, 5) is 9.55. The van der Waals surface area contributed by atoms with Crippen molar-refractivity contribution in [2.24, 2.45) is 5.84 Å². The van der Waals surface area contributed by atoms with Crippen molar-refractivity contribution in [2.45, 2.75) is 43.1 Å². The molecule has 0 spiro atoms. The molecular weight excluding hydrogens is 276 g/mol. The Morgan fingerprint density at radius 2 is 2.11 bits per heavy atom. The Hall–Kier alpha value is -0.460. The summed E-state index contributed by atoms with van der Waals surface area (Å²) in [6.45, 7) is 2.26. The summed E-state index contributed by atoms with van der Waals surface area (Å²) in [6, 6.07) is 0. The lowest BCUT2D eigenvalue weighted by molar-refractivity contribution is 0.742. The fraction of sp³-hybridized carbons (Fsp3) is 0.692. The van der Waals surface area contributed by atoms with Crippen LogP contribution in [0.5, 0.6) is 0 Å². The van der Waals surface area contributed by atoms with Gasteiger partial charge in [-0.1, -0.05) is 6.92 Å². The Morgan fingerprint density at radius 1 is 1.26 bits per heavy atom. The monoisotopic (exact) mass is 296 g/mol. The summed E-state index contributed by atoms with van der Waals surface area (Å²) in [5.74, 6) is 9.91. The van der Waals surface area contributed by atoms with Gasteiger partial charge in [0.25, 0.3) is 0 Å². The van der Waals surface area contributed by atoms with Gasteiger partial charge in [0.1, 0.15) is 11.6 Å². The van der Waals surface area contributed by atoms with E-state index in [1.807, 2.05) is 11.8 Å². The predicted octanol–water partition coefficient (Wildman–Crippen LogP) is 2.55. The second kappa shape index (κ2) is 5.89. The number of hydrogen-bond acceptors (Lipinski definition) is 6. The quantitative estimate of drug-likeness (QED) is 0.660. The van der Waals surface area contributed by atoms with Crippen LogP contribution in [0.25, 0.3) is 0 Å². The standard InChI is InChI=1S/C13H20N4S2/c1-2-10-11(19-7-6-18-10)13-15-9-5-3-4-8(9)12(16-13)17-14/h10-11H,2-7,14H2,1H3,(H,15,16,17). The van der Waals surface area contributed by atoms with Gasteiger partial charge in [-0.15, -0.1) is 11.8 Å². The topological polar surface area (TPSA) is 63.8 Å². The van der Waals surface area contributed by atoms with Gasteiger partial charge in [0.05, 0.1) is 5.25 Å². The number of anilines is 1. The van der Waals surface area contributed by atoms with Crippen LogP contribution in [0.3, 0.4) is 0 Å². The van der Waals surface area contributed by atoms with Crippen LogP contribution in [0, 0.1) is 0 Å². The van der Waals surface area contributed by atoms with Crippen LogP contribution >= 0.6 is 23.5 Å². The number of fused-ring (bicyclic) bond motifs is 1. The molecule has 1 aliphatic carbocycles. The van der Waals surface area contributed by atoms with Gasteiger partial charge in [0.15, 0.2) is 0 Å². The third-order valence-corrected chi connectivity index (χ3v) is 7.04. The van der Waals surface area contributed by atoms with Crippen LogP contribution in [0.2, 0.25) is 0 Å². The van der Waals surface area contributed by atoms with Crippen molar-refractivity contribution in [1.29, 1.82) is 0 Å². The molecule has 3 N–H and O–H groups in total. The molecule has 4 nitrogen and oxygen atoms in total. The third kappa shape index (κ3) is 2.58. The van der Waals surface area contributed by atoms with Crippen molar-refractivity contribution in [1.82, 2.24) is 9.97 Å². The first kappa shape index (κ1) is 13.5. The number of nitrogen functional groups attached to an aromatic ring is 1. The molecule has 1 aromatic rings. The van der Waals surface area contributed by atoms with Crippen molar-refractivity contribution in [3.05, 3.63) is 17.1 Å². The largest absolute Gasteiger partial charge is 0.308 e. The van der Waals surface area contributed by atoms with E-state index in [1.165, 1.54) is 35.6 Å². The van der Waals surface area contributed by atoms with Gasteiger partial charge in [-0.25, -0.2) is 15.8 Å². The van der Waals surface area contributed by atoms with Gasteiger partial charge >= 0.3 is 0 Å². The molecule has 0 aromatic carbocycles. The Balaban J connectivity index is 1.95. The third-order valence-electron chi connectivity index (χ3n) is 3.79. The minimum Gasteiger partial charge on any atom is -0.308 e. The average molecular weight is 296 g/mol. The SMILES string of the molecule is CCC1SCCSC1c1nc2c(c(NN)n1)CCC2. The molecule has 1 fully saturated rings. The zero-order valence-corrected chi connectivity index (χ0v) is 12.8. The van der Waals surface area contributed by atoms with E-state index in [-0.39, 0.29) is 0 Å². The summed E-state index contributed by atoms with van der Waals surface area (Å²) < 4.78 is 0. The lowest BCUT2D eigenvalue weighted by Gasteiger charge is -2.29. The molecule has 3 rings (SSSR count).